The number of carbonyl (C=O) groups excluding carboxylic acids is 3. The molecule has 0 saturated carbocycles. The lowest BCUT2D eigenvalue weighted by molar-refractivity contribution is -0.161. The second kappa shape index (κ2) is 9.86. The largest absolute Gasteiger partial charge is 0.508 e. The third-order valence-electron chi connectivity index (χ3n) is 8.08. The van der Waals surface area contributed by atoms with E-state index in [1.54, 1.807) is 24.5 Å². The third-order valence-corrected chi connectivity index (χ3v) is 9.65. The van der Waals surface area contributed by atoms with Crippen LogP contribution in [0.5, 0.6) is 5.75 Å². The van der Waals surface area contributed by atoms with E-state index in [1.807, 2.05) is 0 Å². The second-order valence-electron chi connectivity index (χ2n) is 11.2. The highest BCUT2D eigenvalue weighted by Gasteiger charge is 2.64. The summed E-state index contributed by atoms with van der Waals surface area (Å²) in [5.74, 6) is -4.24. The van der Waals surface area contributed by atoms with Crippen molar-refractivity contribution in [1.82, 2.24) is 20.1 Å². The molecule has 2 fully saturated rings. The number of phenols is 1. The Morgan fingerprint density at radius 1 is 1.12 bits per heavy atom. The van der Waals surface area contributed by atoms with Crippen LogP contribution in [-0.4, -0.2) is 65.6 Å². The number of carboxylic acids is 1. The van der Waals surface area contributed by atoms with Crippen LogP contribution < -0.4 is 16.1 Å². The van der Waals surface area contributed by atoms with Crippen LogP contribution in [0, 0.1) is 5.82 Å². The first-order valence-corrected chi connectivity index (χ1v) is 14.2. The average molecular weight is 595 g/mol. The molecule has 3 aliphatic rings. The fourth-order valence-corrected chi connectivity index (χ4v) is 7.73. The number of fused-ring (bicyclic) bond motifs is 1. The number of hydrogen-bond donors (Lipinski definition) is 4. The molecular formula is C29H27FN4O7S. The van der Waals surface area contributed by atoms with Crippen LogP contribution in [0.3, 0.4) is 0 Å². The number of β-lactam (4-membered cyclic amide) rings is 1. The monoisotopic (exact) mass is 594 g/mol. The van der Waals surface area contributed by atoms with Crippen LogP contribution in [0.1, 0.15) is 47.8 Å². The zero-order valence-electron chi connectivity index (χ0n) is 22.6. The summed E-state index contributed by atoms with van der Waals surface area (Å²) >= 11 is 1.25. The van der Waals surface area contributed by atoms with Crippen LogP contribution in [0.4, 0.5) is 4.39 Å². The number of nitrogens with zero attached hydrogens (tertiary/aromatic N) is 2. The minimum atomic E-state index is -1.40. The van der Waals surface area contributed by atoms with E-state index in [2.05, 4.69) is 10.6 Å². The van der Waals surface area contributed by atoms with Crippen LogP contribution in [0.2, 0.25) is 0 Å². The molecule has 2 saturated heterocycles. The summed E-state index contributed by atoms with van der Waals surface area (Å²) in [5, 5.41) is 23.8. The fourth-order valence-electron chi connectivity index (χ4n) is 6.10. The van der Waals surface area contributed by atoms with Crippen molar-refractivity contribution in [3.63, 3.8) is 0 Å². The number of rotatable bonds is 6. The number of nitrogens with one attached hydrogen (secondary N) is 2. The highest BCUT2D eigenvalue weighted by Crippen LogP contribution is 2.50. The number of hydrogen-bond acceptors (Lipinski definition) is 7. The topological polar surface area (TPSA) is 158 Å². The van der Waals surface area contributed by atoms with Crippen molar-refractivity contribution < 1.29 is 33.8 Å². The molecular weight excluding hydrogens is 567 g/mol. The average Bonchev–Trinajstić information content (AvgIpc) is 3.21. The number of aromatic hydroxyl groups is 1. The van der Waals surface area contributed by atoms with Crippen molar-refractivity contribution in [2.75, 3.05) is 0 Å². The number of aliphatic carboxylic acids is 1. The summed E-state index contributed by atoms with van der Waals surface area (Å²) in [5.41, 5.74) is 0.348. The van der Waals surface area contributed by atoms with Gasteiger partial charge in [-0.25, -0.2) is 9.18 Å². The summed E-state index contributed by atoms with van der Waals surface area (Å²) in [6.45, 7) is 3.89. The molecule has 4 heterocycles. The molecule has 4 unspecified atom stereocenters. The standard InChI is InChI=1S/C29H27FN4O7S/c1-29(2)23(28(40)41)34-26(39)20(27(34)42-29)32-25(38)19(13-5-8-15(35)9-6-13)31-24(37)16-12-33-11-3-4-14-7-10-17(30)18(21(14)33)22(16)36/h5-10,12,19-20,23,27,35H,3-4,11H2,1-2H3,(H,31,37)(H,32,38)(H,40,41). The van der Waals surface area contributed by atoms with Gasteiger partial charge in [0.15, 0.2) is 0 Å². The number of pyridine rings is 1. The number of aryl methyl sites for hydroxylation is 2. The lowest BCUT2D eigenvalue weighted by Gasteiger charge is -2.44. The van der Waals surface area contributed by atoms with Gasteiger partial charge in [0.2, 0.25) is 17.2 Å². The van der Waals surface area contributed by atoms with Crippen molar-refractivity contribution in [2.45, 2.75) is 61.5 Å². The van der Waals surface area contributed by atoms with E-state index >= 15 is 0 Å². The molecule has 218 valence electrons. The normalized spacial score (nSPS) is 22.7. The first-order chi connectivity index (χ1) is 19.9. The smallest absolute Gasteiger partial charge is 0.327 e. The number of benzene rings is 2. The van der Waals surface area contributed by atoms with E-state index < -0.39 is 63.2 Å². The molecule has 13 heteroatoms. The Kier molecular flexibility index (Phi) is 6.52. The number of carboxylic acid groups (broad SMARTS) is 1. The maximum Gasteiger partial charge on any atom is 0.327 e. The number of amides is 3. The Hall–Kier alpha value is -4.39. The molecule has 6 rings (SSSR count). The zero-order chi connectivity index (χ0) is 30.1. The summed E-state index contributed by atoms with van der Waals surface area (Å²) in [4.78, 5) is 66.6. The van der Waals surface area contributed by atoms with Gasteiger partial charge in [-0.05, 0) is 56.0 Å². The highest BCUT2D eigenvalue weighted by atomic mass is 32.2. The molecule has 0 bridgehead atoms. The van der Waals surface area contributed by atoms with Crippen LogP contribution in [0.25, 0.3) is 10.9 Å². The summed E-state index contributed by atoms with van der Waals surface area (Å²) in [6.07, 6.45) is 2.78. The number of carbonyl (C=O) groups is 4. The van der Waals surface area contributed by atoms with E-state index in [-0.39, 0.29) is 22.3 Å². The molecule has 4 N–H and O–H groups in total. The highest BCUT2D eigenvalue weighted by molar-refractivity contribution is 8.01. The van der Waals surface area contributed by atoms with Gasteiger partial charge in [0, 0.05) is 17.5 Å². The van der Waals surface area contributed by atoms with Crippen molar-refractivity contribution in [1.29, 1.82) is 0 Å². The molecule has 42 heavy (non-hydrogen) atoms. The fraction of sp³-hybridized carbons (Fsp3) is 0.345. The number of phenolic OH excluding ortho intramolecular Hbond substituents is 1. The van der Waals surface area contributed by atoms with Crippen molar-refractivity contribution in [3.05, 3.63) is 75.3 Å². The Bertz CT molecular complexity index is 1740. The molecule has 3 aliphatic heterocycles. The first kappa shape index (κ1) is 27.8. The van der Waals surface area contributed by atoms with Gasteiger partial charge in [-0.2, -0.15) is 0 Å². The van der Waals surface area contributed by atoms with E-state index in [4.69, 9.17) is 0 Å². The Labute approximate surface area is 242 Å². The SMILES string of the molecule is CC1(C)SC2C(NC(=O)C(NC(=O)c3cn4c5c(ccc(F)c5c3=O)CCC4)c3ccc(O)cc3)C(=O)N2C1C(=O)O. The van der Waals surface area contributed by atoms with Gasteiger partial charge in [-0.3, -0.25) is 19.2 Å². The van der Waals surface area contributed by atoms with Gasteiger partial charge in [-0.15, -0.1) is 11.8 Å². The third kappa shape index (κ3) is 4.30. The van der Waals surface area contributed by atoms with Crippen LogP contribution in [0.15, 0.2) is 47.4 Å². The Morgan fingerprint density at radius 2 is 1.83 bits per heavy atom. The van der Waals surface area contributed by atoms with Gasteiger partial charge in [0.05, 0.1) is 10.9 Å². The minimum absolute atomic E-state index is 0.0866. The molecule has 3 amide bonds. The molecule has 11 nitrogen and oxygen atoms in total. The van der Waals surface area contributed by atoms with Crippen LogP contribution >= 0.6 is 11.8 Å². The minimum Gasteiger partial charge on any atom is -0.508 e. The zero-order valence-corrected chi connectivity index (χ0v) is 23.4. The molecule has 0 radical (unpaired) electrons. The van der Waals surface area contributed by atoms with E-state index in [0.717, 1.165) is 12.0 Å². The Balaban J connectivity index is 1.31. The van der Waals surface area contributed by atoms with Crippen molar-refractivity contribution >= 4 is 46.4 Å². The number of halogens is 1. The van der Waals surface area contributed by atoms with Gasteiger partial charge in [0.25, 0.3) is 5.91 Å². The molecule has 0 spiro atoms. The van der Waals surface area contributed by atoms with Crippen LogP contribution in [-0.2, 0) is 27.3 Å². The lowest BCUT2D eigenvalue weighted by Crippen LogP contribution is -2.71. The van der Waals surface area contributed by atoms with E-state index in [1.165, 1.54) is 53.2 Å². The summed E-state index contributed by atoms with van der Waals surface area (Å²) in [6, 6.07) is 4.78. The Morgan fingerprint density at radius 3 is 2.52 bits per heavy atom. The van der Waals surface area contributed by atoms with Gasteiger partial charge >= 0.3 is 5.97 Å². The first-order valence-electron chi connectivity index (χ1n) is 13.4. The number of aromatic nitrogens is 1. The van der Waals surface area contributed by atoms with Gasteiger partial charge in [0.1, 0.15) is 40.6 Å². The second-order valence-corrected chi connectivity index (χ2v) is 13.0. The summed E-state index contributed by atoms with van der Waals surface area (Å²) < 4.78 is 15.7. The van der Waals surface area contributed by atoms with E-state index in [0.29, 0.717) is 18.5 Å². The van der Waals surface area contributed by atoms with E-state index in [9.17, 15) is 38.6 Å². The van der Waals surface area contributed by atoms with Gasteiger partial charge < -0.3 is 30.3 Å². The number of thioether (sulfide) groups is 1. The lowest BCUT2D eigenvalue weighted by atomic mass is 9.95. The molecule has 4 atom stereocenters. The quantitative estimate of drug-likeness (QED) is 0.315. The predicted molar refractivity (Wildman–Crippen MR) is 150 cm³/mol. The maximum atomic E-state index is 14.9. The van der Waals surface area contributed by atoms with Crippen molar-refractivity contribution in [2.24, 2.45) is 0 Å². The molecule has 0 aliphatic carbocycles. The molecule has 2 aromatic carbocycles. The molecule has 1 aromatic heterocycles. The summed E-state index contributed by atoms with van der Waals surface area (Å²) in [7, 11) is 0. The van der Waals surface area contributed by atoms with Crippen molar-refractivity contribution in [3.8, 4) is 5.75 Å². The molecule has 3 aromatic rings. The maximum absolute atomic E-state index is 14.9. The predicted octanol–water partition coefficient (Wildman–Crippen LogP) is 1.90. The van der Waals surface area contributed by atoms with Gasteiger partial charge in [-0.1, -0.05) is 18.2 Å².